The van der Waals surface area contributed by atoms with E-state index in [9.17, 15) is 13.2 Å². The van der Waals surface area contributed by atoms with Crippen molar-refractivity contribution in [3.05, 3.63) is 78.4 Å². The van der Waals surface area contributed by atoms with E-state index in [2.05, 4.69) is 5.32 Å². The van der Waals surface area contributed by atoms with Gasteiger partial charge in [-0.05, 0) is 68.4 Å². The zero-order valence-corrected chi connectivity index (χ0v) is 21.0. The Labute approximate surface area is 206 Å². The van der Waals surface area contributed by atoms with E-state index in [1.165, 1.54) is 12.1 Å². The van der Waals surface area contributed by atoms with Crippen LogP contribution in [0.15, 0.2) is 77.7 Å². The molecule has 1 amide bonds. The Morgan fingerprint density at radius 2 is 1.60 bits per heavy atom. The van der Waals surface area contributed by atoms with E-state index in [1.54, 1.807) is 81.8 Å². The van der Waals surface area contributed by atoms with Gasteiger partial charge in [0.25, 0.3) is 10.0 Å². The first-order valence-corrected chi connectivity index (χ1v) is 12.6. The Kier molecular flexibility index (Phi) is 8.59. The Balaban J connectivity index is 1.89. The molecule has 0 radical (unpaired) electrons. The van der Waals surface area contributed by atoms with Gasteiger partial charge in [0.05, 0.1) is 37.5 Å². The van der Waals surface area contributed by atoms with Gasteiger partial charge in [0.1, 0.15) is 23.8 Å². The largest absolute Gasteiger partial charge is 0.497 e. The number of benzene rings is 3. The van der Waals surface area contributed by atoms with Gasteiger partial charge < -0.3 is 19.5 Å². The predicted molar refractivity (Wildman–Crippen MR) is 135 cm³/mol. The summed E-state index contributed by atoms with van der Waals surface area (Å²) in [6.07, 6.45) is 0. The van der Waals surface area contributed by atoms with Crippen LogP contribution in [0.1, 0.15) is 25.5 Å². The zero-order valence-electron chi connectivity index (χ0n) is 20.2. The molecule has 0 aliphatic rings. The summed E-state index contributed by atoms with van der Waals surface area (Å²) >= 11 is 0. The van der Waals surface area contributed by atoms with Gasteiger partial charge in [-0.1, -0.05) is 18.2 Å². The summed E-state index contributed by atoms with van der Waals surface area (Å²) in [6, 6.07) is 19.4. The summed E-state index contributed by atoms with van der Waals surface area (Å²) in [7, 11) is -0.916. The van der Waals surface area contributed by atoms with Crippen LogP contribution in [0.25, 0.3) is 0 Å². The van der Waals surface area contributed by atoms with Crippen molar-refractivity contribution in [3.63, 3.8) is 0 Å². The van der Waals surface area contributed by atoms with E-state index in [0.29, 0.717) is 35.1 Å². The lowest BCUT2D eigenvalue weighted by atomic mass is 10.1. The van der Waals surface area contributed by atoms with Crippen LogP contribution in [0.3, 0.4) is 0 Å². The number of sulfonamides is 1. The van der Waals surface area contributed by atoms with Crippen molar-refractivity contribution in [1.82, 2.24) is 5.32 Å². The molecule has 9 heteroatoms. The van der Waals surface area contributed by atoms with Gasteiger partial charge >= 0.3 is 0 Å². The third-order valence-corrected chi connectivity index (χ3v) is 7.12. The maximum Gasteiger partial charge on any atom is 0.264 e. The number of rotatable bonds is 11. The van der Waals surface area contributed by atoms with Gasteiger partial charge in [-0.15, -0.1) is 0 Å². The Hall–Kier alpha value is -3.72. The Morgan fingerprint density at radius 3 is 2.20 bits per heavy atom. The van der Waals surface area contributed by atoms with Crippen LogP contribution in [0.2, 0.25) is 0 Å². The number of nitrogens with one attached hydrogen (secondary N) is 1. The standard InChI is InChI=1S/C26H30N2O6S/c1-5-34-21-13-11-20(12-14-21)28(35(30,31)23-9-7-6-8-10-23)18-26(29)27-19(2)24-17-22(32-3)15-16-25(24)33-4/h6-17,19H,5,18H2,1-4H3,(H,27,29). The molecule has 1 unspecified atom stereocenters. The van der Waals surface area contributed by atoms with Crippen molar-refractivity contribution < 1.29 is 27.4 Å². The fourth-order valence-electron chi connectivity index (χ4n) is 3.58. The van der Waals surface area contributed by atoms with Crippen molar-refractivity contribution in [2.45, 2.75) is 24.8 Å². The molecule has 35 heavy (non-hydrogen) atoms. The van der Waals surface area contributed by atoms with Crippen molar-refractivity contribution in [1.29, 1.82) is 0 Å². The number of hydrogen-bond acceptors (Lipinski definition) is 6. The number of amides is 1. The van der Waals surface area contributed by atoms with Gasteiger partial charge in [-0.3, -0.25) is 9.10 Å². The second kappa shape index (κ2) is 11.6. The SMILES string of the molecule is CCOc1ccc(N(CC(=O)NC(C)c2cc(OC)ccc2OC)S(=O)(=O)c2ccccc2)cc1. The highest BCUT2D eigenvalue weighted by Gasteiger charge is 2.28. The lowest BCUT2D eigenvalue weighted by molar-refractivity contribution is -0.120. The minimum absolute atomic E-state index is 0.0872. The van der Waals surface area contributed by atoms with Crippen LogP contribution in [-0.2, 0) is 14.8 Å². The molecule has 0 aliphatic carbocycles. The number of anilines is 1. The molecular weight excluding hydrogens is 468 g/mol. The molecule has 0 bridgehead atoms. The highest BCUT2D eigenvalue weighted by Crippen LogP contribution is 2.30. The molecule has 3 rings (SSSR count). The van der Waals surface area contributed by atoms with E-state index in [1.807, 2.05) is 6.92 Å². The van der Waals surface area contributed by atoms with Gasteiger partial charge in [-0.25, -0.2) is 8.42 Å². The van der Waals surface area contributed by atoms with Gasteiger partial charge in [0.15, 0.2) is 0 Å². The molecule has 3 aromatic rings. The van der Waals surface area contributed by atoms with Gasteiger partial charge in [-0.2, -0.15) is 0 Å². The quantitative estimate of drug-likeness (QED) is 0.426. The number of ether oxygens (including phenoxy) is 3. The lowest BCUT2D eigenvalue weighted by Crippen LogP contribution is -2.41. The summed E-state index contributed by atoms with van der Waals surface area (Å²) in [5.41, 5.74) is 1.05. The first-order valence-electron chi connectivity index (χ1n) is 11.1. The fourth-order valence-corrected chi connectivity index (χ4v) is 5.03. The first-order chi connectivity index (χ1) is 16.8. The third-order valence-electron chi connectivity index (χ3n) is 5.33. The molecule has 0 saturated heterocycles. The highest BCUT2D eigenvalue weighted by atomic mass is 32.2. The van der Waals surface area contributed by atoms with Crippen LogP contribution in [-0.4, -0.2) is 41.7 Å². The number of hydrogen-bond donors (Lipinski definition) is 1. The molecular formula is C26H30N2O6S. The van der Waals surface area contributed by atoms with Crippen LogP contribution in [0.4, 0.5) is 5.69 Å². The van der Waals surface area contributed by atoms with E-state index in [4.69, 9.17) is 14.2 Å². The van der Waals surface area contributed by atoms with Crippen LogP contribution in [0, 0.1) is 0 Å². The van der Waals surface area contributed by atoms with Gasteiger partial charge in [0.2, 0.25) is 5.91 Å². The molecule has 186 valence electrons. The number of methoxy groups -OCH3 is 2. The minimum Gasteiger partial charge on any atom is -0.497 e. The molecule has 1 atom stereocenters. The molecule has 0 saturated carbocycles. The molecule has 8 nitrogen and oxygen atoms in total. The summed E-state index contributed by atoms with van der Waals surface area (Å²) in [5.74, 6) is 1.33. The maximum atomic E-state index is 13.5. The molecule has 1 N–H and O–H groups in total. The van der Waals surface area contributed by atoms with Crippen molar-refractivity contribution in [2.24, 2.45) is 0 Å². The third kappa shape index (κ3) is 6.24. The predicted octanol–water partition coefficient (Wildman–Crippen LogP) is 4.18. The maximum absolute atomic E-state index is 13.5. The monoisotopic (exact) mass is 498 g/mol. The van der Waals surface area contributed by atoms with Crippen LogP contribution < -0.4 is 23.8 Å². The summed E-state index contributed by atoms with van der Waals surface area (Å²) in [4.78, 5) is 13.2. The minimum atomic E-state index is -4.01. The topological polar surface area (TPSA) is 94.2 Å². The molecule has 3 aromatic carbocycles. The summed E-state index contributed by atoms with van der Waals surface area (Å²) in [6.45, 7) is 3.73. The van der Waals surface area contributed by atoms with Crippen molar-refractivity contribution in [2.75, 3.05) is 31.7 Å². The Bertz CT molecular complexity index is 1230. The zero-order chi connectivity index (χ0) is 25.4. The fraction of sp³-hybridized carbons (Fsp3) is 0.269. The van der Waals surface area contributed by atoms with Crippen molar-refractivity contribution >= 4 is 21.6 Å². The molecule has 0 aliphatic heterocycles. The van der Waals surface area contributed by atoms with E-state index < -0.39 is 28.5 Å². The number of nitrogens with zero attached hydrogens (tertiary/aromatic N) is 1. The Morgan fingerprint density at radius 1 is 0.943 bits per heavy atom. The van der Waals surface area contributed by atoms with Gasteiger partial charge in [0, 0.05) is 5.56 Å². The molecule has 0 heterocycles. The van der Waals surface area contributed by atoms with Crippen LogP contribution in [0.5, 0.6) is 17.2 Å². The van der Waals surface area contributed by atoms with Crippen molar-refractivity contribution in [3.8, 4) is 17.2 Å². The smallest absolute Gasteiger partial charge is 0.264 e. The second-order valence-corrected chi connectivity index (χ2v) is 9.51. The summed E-state index contributed by atoms with van der Waals surface area (Å²) < 4.78 is 44.2. The molecule has 0 spiro atoms. The number of carbonyl (C=O) groups is 1. The normalized spacial score (nSPS) is 11.9. The summed E-state index contributed by atoms with van der Waals surface area (Å²) in [5, 5.41) is 2.87. The van der Waals surface area contributed by atoms with E-state index in [0.717, 1.165) is 4.31 Å². The molecule has 0 aromatic heterocycles. The highest BCUT2D eigenvalue weighted by molar-refractivity contribution is 7.92. The molecule has 0 fully saturated rings. The first kappa shape index (κ1) is 25.9. The van der Waals surface area contributed by atoms with E-state index in [-0.39, 0.29) is 4.90 Å². The average Bonchev–Trinajstić information content (AvgIpc) is 2.88. The van der Waals surface area contributed by atoms with E-state index >= 15 is 0 Å². The second-order valence-electron chi connectivity index (χ2n) is 7.65. The number of carbonyl (C=O) groups excluding carboxylic acids is 1. The average molecular weight is 499 g/mol. The lowest BCUT2D eigenvalue weighted by Gasteiger charge is -2.25. The van der Waals surface area contributed by atoms with Crippen LogP contribution >= 0.6 is 0 Å².